The summed E-state index contributed by atoms with van der Waals surface area (Å²) in [5.41, 5.74) is 1.35. The third kappa shape index (κ3) is 4.34. The highest BCUT2D eigenvalue weighted by Crippen LogP contribution is 2.33. The van der Waals surface area contributed by atoms with Crippen molar-refractivity contribution in [2.45, 2.75) is 25.9 Å². The SMILES string of the molecule is COc1ccc2c(c1)c([C@@H](C(=O)O)N1CCN(C(C)=O)CC1)cn2CCC(=O)O. The van der Waals surface area contributed by atoms with Crippen molar-refractivity contribution in [3.8, 4) is 5.75 Å². The van der Waals surface area contributed by atoms with Crippen molar-refractivity contribution in [3.05, 3.63) is 30.0 Å². The average molecular weight is 403 g/mol. The summed E-state index contributed by atoms with van der Waals surface area (Å²) < 4.78 is 7.08. The van der Waals surface area contributed by atoms with Gasteiger partial charge >= 0.3 is 11.9 Å². The molecule has 1 aliphatic rings. The Bertz CT molecular complexity index is 930. The number of hydrogen-bond donors (Lipinski definition) is 2. The molecule has 9 heteroatoms. The summed E-state index contributed by atoms with van der Waals surface area (Å²) in [6.07, 6.45) is 1.66. The number of aliphatic carboxylic acids is 2. The van der Waals surface area contributed by atoms with E-state index in [1.807, 2.05) is 11.0 Å². The maximum atomic E-state index is 12.2. The second-order valence-electron chi connectivity index (χ2n) is 7.09. The number of benzene rings is 1. The molecule has 29 heavy (non-hydrogen) atoms. The van der Waals surface area contributed by atoms with Crippen LogP contribution in [0.5, 0.6) is 5.75 Å². The molecule has 1 aromatic carbocycles. The number of aromatic nitrogens is 1. The minimum atomic E-state index is -0.985. The predicted octanol–water partition coefficient (Wildman–Crippen LogP) is 1.41. The largest absolute Gasteiger partial charge is 0.497 e. The maximum Gasteiger partial charge on any atom is 0.325 e. The number of nitrogens with zero attached hydrogens (tertiary/aromatic N) is 3. The van der Waals surface area contributed by atoms with Gasteiger partial charge in [0.25, 0.3) is 0 Å². The Balaban J connectivity index is 2.01. The lowest BCUT2D eigenvalue weighted by Gasteiger charge is -2.37. The number of piperazine rings is 1. The number of ether oxygens (including phenoxy) is 1. The van der Waals surface area contributed by atoms with Crippen LogP contribution in [0.1, 0.15) is 24.9 Å². The smallest absolute Gasteiger partial charge is 0.325 e. The first-order valence-electron chi connectivity index (χ1n) is 9.42. The fourth-order valence-electron chi connectivity index (χ4n) is 3.83. The van der Waals surface area contributed by atoms with Crippen molar-refractivity contribution < 1.29 is 29.3 Å². The van der Waals surface area contributed by atoms with E-state index in [0.29, 0.717) is 37.5 Å². The van der Waals surface area contributed by atoms with E-state index in [2.05, 4.69) is 0 Å². The second-order valence-corrected chi connectivity index (χ2v) is 7.09. The molecule has 0 unspecified atom stereocenters. The summed E-state index contributed by atoms with van der Waals surface area (Å²) >= 11 is 0. The first-order chi connectivity index (χ1) is 13.8. The van der Waals surface area contributed by atoms with Crippen molar-refractivity contribution in [1.29, 1.82) is 0 Å². The molecule has 1 fully saturated rings. The van der Waals surface area contributed by atoms with Crippen LogP contribution in [-0.4, -0.2) is 75.7 Å². The quantitative estimate of drug-likeness (QED) is 0.719. The molecule has 1 amide bonds. The molecule has 9 nitrogen and oxygen atoms in total. The van der Waals surface area contributed by atoms with Crippen LogP contribution in [0.4, 0.5) is 0 Å². The third-order valence-electron chi connectivity index (χ3n) is 5.34. The molecule has 156 valence electrons. The summed E-state index contributed by atoms with van der Waals surface area (Å²) in [5, 5.41) is 19.8. The zero-order valence-electron chi connectivity index (χ0n) is 16.5. The molecule has 0 aliphatic carbocycles. The Hall–Kier alpha value is -3.07. The van der Waals surface area contributed by atoms with Gasteiger partial charge in [-0.15, -0.1) is 0 Å². The van der Waals surface area contributed by atoms with Crippen molar-refractivity contribution in [1.82, 2.24) is 14.4 Å². The number of carboxylic acids is 2. The van der Waals surface area contributed by atoms with E-state index in [1.165, 1.54) is 14.0 Å². The van der Waals surface area contributed by atoms with E-state index in [1.54, 1.807) is 27.8 Å². The molecule has 2 aromatic rings. The van der Waals surface area contributed by atoms with Crippen LogP contribution in [0, 0.1) is 0 Å². The van der Waals surface area contributed by atoms with Gasteiger partial charge in [-0.25, -0.2) is 0 Å². The number of fused-ring (bicyclic) bond motifs is 1. The highest BCUT2D eigenvalue weighted by molar-refractivity contribution is 5.90. The molecule has 3 rings (SSSR count). The van der Waals surface area contributed by atoms with Crippen molar-refractivity contribution >= 4 is 28.7 Å². The monoisotopic (exact) mass is 403 g/mol. The lowest BCUT2D eigenvalue weighted by molar-refractivity contribution is -0.145. The summed E-state index contributed by atoms with van der Waals surface area (Å²) in [5.74, 6) is -1.33. The Labute approximate surface area is 168 Å². The van der Waals surface area contributed by atoms with E-state index in [0.717, 1.165) is 10.9 Å². The number of amides is 1. The van der Waals surface area contributed by atoms with E-state index in [-0.39, 0.29) is 18.9 Å². The molecular weight excluding hydrogens is 378 g/mol. The highest BCUT2D eigenvalue weighted by atomic mass is 16.5. The molecule has 1 atom stereocenters. The minimum absolute atomic E-state index is 0.0217. The van der Waals surface area contributed by atoms with Crippen LogP contribution in [-0.2, 0) is 20.9 Å². The number of aryl methyl sites for hydroxylation is 1. The Kier molecular flexibility index (Phi) is 6.07. The first-order valence-corrected chi connectivity index (χ1v) is 9.42. The number of rotatable bonds is 7. The van der Waals surface area contributed by atoms with Gasteiger partial charge in [0.1, 0.15) is 11.8 Å². The van der Waals surface area contributed by atoms with Gasteiger partial charge in [0.2, 0.25) is 5.91 Å². The number of carbonyl (C=O) groups is 3. The number of hydrogen-bond acceptors (Lipinski definition) is 5. The van der Waals surface area contributed by atoms with Crippen LogP contribution < -0.4 is 4.74 Å². The van der Waals surface area contributed by atoms with Crippen LogP contribution in [0.25, 0.3) is 10.9 Å². The molecule has 0 saturated carbocycles. The van der Waals surface area contributed by atoms with Crippen LogP contribution in [0.3, 0.4) is 0 Å². The molecule has 1 aliphatic heterocycles. The predicted molar refractivity (Wildman–Crippen MR) is 105 cm³/mol. The fraction of sp³-hybridized carbons (Fsp3) is 0.450. The molecular formula is C20H25N3O6. The second kappa shape index (κ2) is 8.52. The van der Waals surface area contributed by atoms with Crippen LogP contribution in [0.15, 0.2) is 24.4 Å². The van der Waals surface area contributed by atoms with Gasteiger partial charge in [0.15, 0.2) is 0 Å². The van der Waals surface area contributed by atoms with Crippen molar-refractivity contribution in [2.24, 2.45) is 0 Å². The number of carbonyl (C=O) groups excluding carboxylic acids is 1. The number of methoxy groups -OCH3 is 1. The number of carboxylic acid groups (broad SMARTS) is 2. The van der Waals surface area contributed by atoms with Crippen molar-refractivity contribution in [2.75, 3.05) is 33.3 Å². The Morgan fingerprint density at radius 3 is 2.38 bits per heavy atom. The Morgan fingerprint density at radius 1 is 1.14 bits per heavy atom. The van der Waals surface area contributed by atoms with E-state index in [9.17, 15) is 19.5 Å². The minimum Gasteiger partial charge on any atom is -0.497 e. The lowest BCUT2D eigenvalue weighted by atomic mass is 10.0. The topological polar surface area (TPSA) is 112 Å². The Morgan fingerprint density at radius 2 is 1.83 bits per heavy atom. The highest BCUT2D eigenvalue weighted by Gasteiger charge is 2.33. The zero-order chi connectivity index (χ0) is 21.1. The maximum absolute atomic E-state index is 12.2. The van der Waals surface area contributed by atoms with Crippen LogP contribution >= 0.6 is 0 Å². The molecule has 0 spiro atoms. The van der Waals surface area contributed by atoms with Crippen molar-refractivity contribution in [3.63, 3.8) is 0 Å². The average Bonchev–Trinajstić information content (AvgIpc) is 3.04. The van der Waals surface area contributed by atoms with Gasteiger partial charge in [-0.1, -0.05) is 0 Å². The summed E-state index contributed by atoms with van der Waals surface area (Å²) in [6.45, 7) is 3.58. The van der Waals surface area contributed by atoms with E-state index >= 15 is 0 Å². The van der Waals surface area contributed by atoms with E-state index < -0.39 is 18.0 Å². The summed E-state index contributed by atoms with van der Waals surface area (Å²) in [4.78, 5) is 38.4. The van der Waals surface area contributed by atoms with Gasteiger partial charge in [0, 0.05) is 62.3 Å². The molecule has 1 saturated heterocycles. The van der Waals surface area contributed by atoms with Crippen LogP contribution in [0.2, 0.25) is 0 Å². The molecule has 1 aromatic heterocycles. The third-order valence-corrected chi connectivity index (χ3v) is 5.34. The van der Waals surface area contributed by atoms with Gasteiger partial charge < -0.3 is 24.4 Å². The normalized spacial score (nSPS) is 16.0. The summed E-state index contributed by atoms with van der Waals surface area (Å²) in [7, 11) is 1.54. The zero-order valence-corrected chi connectivity index (χ0v) is 16.5. The first kappa shape index (κ1) is 20.7. The summed E-state index contributed by atoms with van der Waals surface area (Å²) in [6, 6.07) is 4.46. The lowest BCUT2D eigenvalue weighted by Crippen LogP contribution is -2.50. The van der Waals surface area contributed by atoms with Gasteiger partial charge in [0.05, 0.1) is 13.5 Å². The fourth-order valence-corrected chi connectivity index (χ4v) is 3.83. The van der Waals surface area contributed by atoms with Gasteiger partial charge in [-0.05, 0) is 18.2 Å². The molecule has 2 heterocycles. The van der Waals surface area contributed by atoms with Gasteiger partial charge in [-0.2, -0.15) is 0 Å². The standard InChI is InChI=1S/C20H25N3O6/c1-13(24)21-7-9-22(10-8-21)19(20(27)28)16-12-23(6-5-18(25)26)17-4-3-14(29-2)11-15(16)17/h3-4,11-12,19H,5-10H2,1-2H3,(H,25,26)(H,27,28)/t19-/m0/s1. The molecule has 2 N–H and O–H groups in total. The van der Waals surface area contributed by atoms with Gasteiger partial charge in [-0.3, -0.25) is 19.3 Å². The van der Waals surface area contributed by atoms with E-state index in [4.69, 9.17) is 9.84 Å². The molecule has 0 radical (unpaired) electrons. The molecule has 0 bridgehead atoms.